The van der Waals surface area contributed by atoms with E-state index in [-0.39, 0.29) is 5.91 Å². The molecule has 1 heterocycles. The van der Waals surface area contributed by atoms with Crippen molar-refractivity contribution in [1.29, 1.82) is 0 Å². The van der Waals surface area contributed by atoms with Gasteiger partial charge in [-0.2, -0.15) is 0 Å². The SMILES string of the molecule is COc1ccc(NC(=O)/C=C(\C)c2oc3c(Cl)cccc3c2-c2ccc(Cl)cc2)cc1. The zero-order valence-electron chi connectivity index (χ0n) is 16.9. The van der Waals surface area contributed by atoms with Gasteiger partial charge in [-0.05, 0) is 60.5 Å². The second kappa shape index (κ2) is 8.88. The van der Waals surface area contributed by atoms with Crippen molar-refractivity contribution >= 4 is 51.3 Å². The van der Waals surface area contributed by atoms with Gasteiger partial charge in [0.2, 0.25) is 5.91 Å². The summed E-state index contributed by atoms with van der Waals surface area (Å²) in [6.45, 7) is 1.83. The van der Waals surface area contributed by atoms with Crippen LogP contribution >= 0.6 is 23.2 Å². The van der Waals surface area contributed by atoms with E-state index in [1.54, 1.807) is 37.4 Å². The first kappa shape index (κ1) is 21.0. The Morgan fingerprint density at radius 3 is 2.39 bits per heavy atom. The standard InChI is InChI=1S/C25H19Cl2NO3/c1-15(14-22(29)28-18-10-12-19(30-2)13-11-18)24-23(16-6-8-17(26)9-7-16)20-4-3-5-21(27)25(20)31-24/h3-14H,1-2H3,(H,28,29)/b15-14+. The number of methoxy groups -OCH3 is 1. The van der Waals surface area contributed by atoms with Crippen molar-refractivity contribution in [2.24, 2.45) is 0 Å². The Balaban J connectivity index is 1.73. The van der Waals surface area contributed by atoms with Gasteiger partial charge < -0.3 is 14.5 Å². The number of para-hydroxylation sites is 1. The number of carbonyl (C=O) groups is 1. The summed E-state index contributed by atoms with van der Waals surface area (Å²) in [5, 5.41) is 4.87. The van der Waals surface area contributed by atoms with Crippen molar-refractivity contribution in [1.82, 2.24) is 0 Å². The van der Waals surface area contributed by atoms with Gasteiger partial charge in [-0.25, -0.2) is 0 Å². The monoisotopic (exact) mass is 451 g/mol. The highest BCUT2D eigenvalue weighted by atomic mass is 35.5. The molecule has 1 aromatic heterocycles. The number of carbonyl (C=O) groups excluding carboxylic acids is 1. The van der Waals surface area contributed by atoms with E-state index in [0.717, 1.165) is 22.3 Å². The number of furan rings is 1. The van der Waals surface area contributed by atoms with Crippen LogP contribution in [-0.4, -0.2) is 13.0 Å². The lowest BCUT2D eigenvalue weighted by Crippen LogP contribution is -2.08. The second-order valence-electron chi connectivity index (χ2n) is 6.97. The van der Waals surface area contributed by atoms with Crippen LogP contribution in [0.1, 0.15) is 12.7 Å². The van der Waals surface area contributed by atoms with Gasteiger partial charge >= 0.3 is 0 Å². The third kappa shape index (κ3) is 4.46. The van der Waals surface area contributed by atoms with Crippen LogP contribution in [0.5, 0.6) is 5.75 Å². The fourth-order valence-electron chi connectivity index (χ4n) is 3.38. The molecule has 1 N–H and O–H groups in total. The number of nitrogens with one attached hydrogen (secondary N) is 1. The van der Waals surface area contributed by atoms with Crippen LogP contribution in [0.15, 0.2) is 77.2 Å². The van der Waals surface area contributed by atoms with Gasteiger partial charge in [-0.15, -0.1) is 0 Å². The molecule has 0 aliphatic rings. The molecule has 31 heavy (non-hydrogen) atoms. The van der Waals surface area contributed by atoms with E-state index in [1.807, 2.05) is 43.3 Å². The van der Waals surface area contributed by atoms with Crippen LogP contribution in [0.4, 0.5) is 5.69 Å². The quantitative estimate of drug-likeness (QED) is 0.320. The summed E-state index contributed by atoms with van der Waals surface area (Å²) in [6, 6.07) is 20.2. The number of rotatable bonds is 5. The van der Waals surface area contributed by atoms with E-state index in [1.165, 1.54) is 6.08 Å². The van der Waals surface area contributed by atoms with E-state index in [0.29, 0.717) is 32.6 Å². The van der Waals surface area contributed by atoms with Gasteiger partial charge in [0.25, 0.3) is 0 Å². The average Bonchev–Trinajstić information content (AvgIpc) is 3.16. The molecule has 0 bridgehead atoms. The average molecular weight is 452 g/mol. The lowest BCUT2D eigenvalue weighted by atomic mass is 9.99. The highest BCUT2D eigenvalue weighted by Gasteiger charge is 2.19. The predicted molar refractivity (Wildman–Crippen MR) is 127 cm³/mol. The summed E-state index contributed by atoms with van der Waals surface area (Å²) < 4.78 is 11.3. The fraction of sp³-hybridized carbons (Fsp3) is 0.0800. The smallest absolute Gasteiger partial charge is 0.248 e. The molecule has 0 radical (unpaired) electrons. The normalized spacial score (nSPS) is 11.5. The van der Waals surface area contributed by atoms with Crippen molar-refractivity contribution in [2.75, 3.05) is 12.4 Å². The third-order valence-corrected chi connectivity index (χ3v) is 5.41. The van der Waals surface area contributed by atoms with Gasteiger partial charge in [0.1, 0.15) is 11.5 Å². The minimum atomic E-state index is -0.267. The van der Waals surface area contributed by atoms with E-state index < -0.39 is 0 Å². The number of anilines is 1. The Labute approximate surface area is 190 Å². The molecule has 4 aromatic rings. The molecule has 6 heteroatoms. The van der Waals surface area contributed by atoms with Crippen LogP contribution < -0.4 is 10.1 Å². The highest BCUT2D eigenvalue weighted by molar-refractivity contribution is 6.35. The lowest BCUT2D eigenvalue weighted by Gasteiger charge is -2.06. The molecule has 0 saturated carbocycles. The van der Waals surface area contributed by atoms with Gasteiger partial charge in [0.15, 0.2) is 5.58 Å². The summed E-state index contributed by atoms with van der Waals surface area (Å²) in [4.78, 5) is 12.6. The van der Waals surface area contributed by atoms with E-state index in [2.05, 4.69) is 5.32 Å². The zero-order chi connectivity index (χ0) is 22.0. The first-order valence-electron chi connectivity index (χ1n) is 9.57. The minimum absolute atomic E-state index is 0.267. The lowest BCUT2D eigenvalue weighted by molar-refractivity contribution is -0.111. The number of fused-ring (bicyclic) bond motifs is 1. The number of amides is 1. The molecule has 4 rings (SSSR count). The van der Waals surface area contributed by atoms with Gasteiger partial charge in [-0.3, -0.25) is 4.79 Å². The molecular weight excluding hydrogens is 433 g/mol. The number of allylic oxidation sites excluding steroid dienone is 1. The summed E-state index contributed by atoms with van der Waals surface area (Å²) >= 11 is 12.4. The summed E-state index contributed by atoms with van der Waals surface area (Å²) in [7, 11) is 1.59. The van der Waals surface area contributed by atoms with Gasteiger partial charge in [0, 0.05) is 27.7 Å². The van der Waals surface area contributed by atoms with Crippen molar-refractivity contribution in [3.8, 4) is 16.9 Å². The summed E-state index contributed by atoms with van der Waals surface area (Å²) in [5.74, 6) is 1.03. The topological polar surface area (TPSA) is 51.5 Å². The molecular formula is C25H19Cl2NO3. The zero-order valence-corrected chi connectivity index (χ0v) is 18.4. The summed E-state index contributed by atoms with van der Waals surface area (Å²) in [6.07, 6.45) is 1.51. The van der Waals surface area contributed by atoms with Crippen LogP contribution in [0.2, 0.25) is 10.0 Å². The van der Waals surface area contributed by atoms with Crippen LogP contribution in [0.25, 0.3) is 27.7 Å². The number of benzene rings is 3. The molecule has 0 aliphatic heterocycles. The minimum Gasteiger partial charge on any atom is -0.497 e. The molecule has 0 saturated heterocycles. The maximum atomic E-state index is 12.6. The van der Waals surface area contributed by atoms with Crippen LogP contribution in [-0.2, 0) is 4.79 Å². The maximum absolute atomic E-state index is 12.6. The van der Waals surface area contributed by atoms with Crippen molar-refractivity contribution < 1.29 is 13.9 Å². The first-order valence-corrected chi connectivity index (χ1v) is 10.3. The molecule has 0 atom stereocenters. The number of halogens is 2. The number of hydrogen-bond donors (Lipinski definition) is 1. The van der Waals surface area contributed by atoms with E-state index in [4.69, 9.17) is 32.4 Å². The molecule has 0 spiro atoms. The second-order valence-corrected chi connectivity index (χ2v) is 7.82. The molecule has 3 aromatic carbocycles. The van der Waals surface area contributed by atoms with Crippen LogP contribution in [0, 0.1) is 0 Å². The predicted octanol–water partition coefficient (Wildman–Crippen LogP) is 7.46. The Kier molecular flexibility index (Phi) is 6.03. The number of ether oxygens (including phenoxy) is 1. The molecule has 0 fully saturated rings. The number of hydrogen-bond acceptors (Lipinski definition) is 3. The van der Waals surface area contributed by atoms with Gasteiger partial charge in [-0.1, -0.05) is 47.5 Å². The Bertz CT molecular complexity index is 1270. The Morgan fingerprint density at radius 2 is 1.71 bits per heavy atom. The largest absolute Gasteiger partial charge is 0.497 e. The maximum Gasteiger partial charge on any atom is 0.248 e. The first-order chi connectivity index (χ1) is 15.0. The van der Waals surface area contributed by atoms with Crippen molar-refractivity contribution in [2.45, 2.75) is 6.92 Å². The Morgan fingerprint density at radius 1 is 1.00 bits per heavy atom. The summed E-state index contributed by atoms with van der Waals surface area (Å²) in [5.41, 5.74) is 3.69. The molecule has 156 valence electrons. The molecule has 0 unspecified atom stereocenters. The molecule has 0 aliphatic carbocycles. The molecule has 4 nitrogen and oxygen atoms in total. The van der Waals surface area contributed by atoms with Gasteiger partial charge in [0.05, 0.1) is 12.1 Å². The van der Waals surface area contributed by atoms with E-state index >= 15 is 0 Å². The highest BCUT2D eigenvalue weighted by Crippen LogP contribution is 2.41. The van der Waals surface area contributed by atoms with Crippen molar-refractivity contribution in [3.05, 3.63) is 88.6 Å². The third-order valence-electron chi connectivity index (χ3n) is 4.86. The fourth-order valence-corrected chi connectivity index (χ4v) is 3.72. The Hall–Kier alpha value is -3.21. The van der Waals surface area contributed by atoms with Crippen molar-refractivity contribution in [3.63, 3.8) is 0 Å². The van der Waals surface area contributed by atoms with Crippen LogP contribution in [0.3, 0.4) is 0 Å². The van der Waals surface area contributed by atoms with E-state index in [9.17, 15) is 4.79 Å². The molecule has 1 amide bonds.